The summed E-state index contributed by atoms with van der Waals surface area (Å²) in [4.78, 5) is 23.6. The van der Waals surface area contributed by atoms with Gasteiger partial charge in [0.15, 0.2) is 6.61 Å². The molecule has 0 aliphatic rings. The first-order chi connectivity index (χ1) is 13.1. The lowest BCUT2D eigenvalue weighted by atomic mass is 10.1. The molecule has 0 saturated heterocycles. The third-order valence-electron chi connectivity index (χ3n) is 4.05. The number of amides is 1. The van der Waals surface area contributed by atoms with Crippen molar-refractivity contribution in [1.82, 2.24) is 5.32 Å². The number of rotatable bonds is 10. The van der Waals surface area contributed by atoms with Gasteiger partial charge in [-0.3, -0.25) is 9.59 Å². The van der Waals surface area contributed by atoms with Crippen molar-refractivity contribution in [2.75, 3.05) is 27.4 Å². The number of hydrogen-bond donors (Lipinski definition) is 1. The fourth-order valence-corrected chi connectivity index (χ4v) is 2.55. The van der Waals surface area contributed by atoms with E-state index in [1.807, 2.05) is 48.5 Å². The molecular weight excluding hydrogens is 346 g/mol. The molecule has 6 heteroatoms. The van der Waals surface area contributed by atoms with Crippen LogP contribution in [0.15, 0.2) is 48.5 Å². The topological polar surface area (TPSA) is 73.9 Å². The first-order valence-corrected chi connectivity index (χ1v) is 8.79. The molecule has 27 heavy (non-hydrogen) atoms. The molecule has 0 spiro atoms. The summed E-state index contributed by atoms with van der Waals surface area (Å²) in [7, 11) is 3.21. The van der Waals surface area contributed by atoms with Gasteiger partial charge in [-0.2, -0.15) is 0 Å². The number of ether oxygens (including phenoxy) is 3. The van der Waals surface area contributed by atoms with Gasteiger partial charge in [-0.05, 0) is 42.2 Å². The van der Waals surface area contributed by atoms with Crippen LogP contribution in [0.25, 0.3) is 0 Å². The van der Waals surface area contributed by atoms with Crippen molar-refractivity contribution in [3.8, 4) is 11.5 Å². The van der Waals surface area contributed by atoms with Crippen LogP contribution in [0.2, 0.25) is 0 Å². The Bertz CT molecular complexity index is 742. The van der Waals surface area contributed by atoms with E-state index in [0.29, 0.717) is 19.4 Å². The largest absolute Gasteiger partial charge is 0.497 e. The van der Waals surface area contributed by atoms with Crippen LogP contribution in [0.5, 0.6) is 11.5 Å². The summed E-state index contributed by atoms with van der Waals surface area (Å²) in [5.74, 6) is 0.810. The van der Waals surface area contributed by atoms with Crippen LogP contribution in [0.1, 0.15) is 17.5 Å². The van der Waals surface area contributed by atoms with E-state index in [-0.39, 0.29) is 18.9 Å². The lowest BCUT2D eigenvalue weighted by molar-refractivity contribution is -0.148. The first kappa shape index (κ1) is 20.3. The van der Waals surface area contributed by atoms with Gasteiger partial charge in [-0.15, -0.1) is 0 Å². The second-order valence-corrected chi connectivity index (χ2v) is 5.92. The van der Waals surface area contributed by atoms with E-state index in [1.54, 1.807) is 14.2 Å². The van der Waals surface area contributed by atoms with Gasteiger partial charge >= 0.3 is 5.97 Å². The summed E-state index contributed by atoms with van der Waals surface area (Å²) in [5.41, 5.74) is 2.02. The number of methoxy groups -OCH3 is 2. The third-order valence-corrected chi connectivity index (χ3v) is 4.05. The van der Waals surface area contributed by atoms with Crippen molar-refractivity contribution >= 4 is 11.9 Å². The molecule has 0 fully saturated rings. The smallest absolute Gasteiger partial charge is 0.306 e. The Morgan fingerprint density at radius 1 is 0.926 bits per heavy atom. The predicted octanol–water partition coefficient (Wildman–Crippen LogP) is 2.54. The lowest BCUT2D eigenvalue weighted by Gasteiger charge is -2.09. The summed E-state index contributed by atoms with van der Waals surface area (Å²) in [6, 6.07) is 15.2. The number of aryl methyl sites for hydroxylation is 1. The maximum absolute atomic E-state index is 11.8. The zero-order valence-corrected chi connectivity index (χ0v) is 15.7. The van der Waals surface area contributed by atoms with E-state index in [2.05, 4.69) is 5.32 Å². The van der Waals surface area contributed by atoms with Gasteiger partial charge in [0.1, 0.15) is 11.5 Å². The van der Waals surface area contributed by atoms with Gasteiger partial charge in [0, 0.05) is 13.0 Å². The minimum atomic E-state index is -0.411. The number of hydrogen-bond acceptors (Lipinski definition) is 5. The van der Waals surface area contributed by atoms with Crippen LogP contribution >= 0.6 is 0 Å². The van der Waals surface area contributed by atoms with E-state index in [1.165, 1.54) is 0 Å². The minimum Gasteiger partial charge on any atom is -0.497 e. The Kier molecular flexibility index (Phi) is 8.16. The third kappa shape index (κ3) is 7.01. The molecule has 1 amide bonds. The number of nitrogens with one attached hydrogen (secondary N) is 1. The number of para-hydroxylation sites is 1. The van der Waals surface area contributed by atoms with Crippen molar-refractivity contribution in [2.24, 2.45) is 0 Å². The van der Waals surface area contributed by atoms with Crippen molar-refractivity contribution in [3.05, 3.63) is 59.7 Å². The average Bonchev–Trinajstić information content (AvgIpc) is 2.71. The molecule has 0 unspecified atom stereocenters. The molecule has 0 aliphatic heterocycles. The lowest BCUT2D eigenvalue weighted by Crippen LogP contribution is -2.30. The second kappa shape index (κ2) is 10.9. The summed E-state index contributed by atoms with van der Waals surface area (Å²) >= 11 is 0. The van der Waals surface area contributed by atoms with Crippen LogP contribution in [0.3, 0.4) is 0 Å². The molecule has 0 bridgehead atoms. The standard InChI is InChI=1S/C21H25NO5/c1-25-18-10-7-16(8-11-18)13-14-22-20(23)15-27-21(24)12-9-17-5-3-4-6-19(17)26-2/h3-8,10-11H,9,12-15H2,1-2H3,(H,22,23). The zero-order valence-electron chi connectivity index (χ0n) is 15.7. The van der Waals surface area contributed by atoms with Crippen LogP contribution in [-0.2, 0) is 27.2 Å². The summed E-state index contributed by atoms with van der Waals surface area (Å²) < 4.78 is 15.4. The van der Waals surface area contributed by atoms with Crippen LogP contribution in [0, 0.1) is 0 Å². The number of benzene rings is 2. The molecule has 0 atom stereocenters. The van der Waals surface area contributed by atoms with Gasteiger partial charge in [0.25, 0.3) is 5.91 Å². The predicted molar refractivity (Wildman–Crippen MR) is 102 cm³/mol. The van der Waals surface area contributed by atoms with Gasteiger partial charge in [0.2, 0.25) is 0 Å². The highest BCUT2D eigenvalue weighted by Crippen LogP contribution is 2.18. The maximum Gasteiger partial charge on any atom is 0.306 e. The molecular formula is C21H25NO5. The molecule has 0 aromatic heterocycles. The summed E-state index contributed by atoms with van der Waals surface area (Å²) in [6.07, 6.45) is 1.39. The van der Waals surface area contributed by atoms with E-state index in [0.717, 1.165) is 22.6 Å². The molecule has 0 aliphatic carbocycles. The fraction of sp³-hybridized carbons (Fsp3) is 0.333. The number of carbonyl (C=O) groups excluding carboxylic acids is 2. The Hall–Kier alpha value is -3.02. The second-order valence-electron chi connectivity index (χ2n) is 5.92. The highest BCUT2D eigenvalue weighted by atomic mass is 16.5. The normalized spacial score (nSPS) is 10.1. The van der Waals surface area contributed by atoms with Crippen LogP contribution in [-0.4, -0.2) is 39.2 Å². The molecule has 144 valence electrons. The van der Waals surface area contributed by atoms with E-state index < -0.39 is 5.97 Å². The van der Waals surface area contributed by atoms with Crippen molar-refractivity contribution in [3.63, 3.8) is 0 Å². The Morgan fingerprint density at radius 2 is 1.67 bits per heavy atom. The number of esters is 1. The molecule has 0 heterocycles. The summed E-state index contributed by atoms with van der Waals surface area (Å²) in [6.45, 7) is 0.206. The molecule has 6 nitrogen and oxygen atoms in total. The molecule has 2 rings (SSSR count). The fourth-order valence-electron chi connectivity index (χ4n) is 2.55. The molecule has 0 saturated carbocycles. The van der Waals surface area contributed by atoms with Crippen molar-refractivity contribution in [1.29, 1.82) is 0 Å². The van der Waals surface area contributed by atoms with E-state index in [9.17, 15) is 9.59 Å². The first-order valence-electron chi connectivity index (χ1n) is 8.79. The Balaban J connectivity index is 1.63. The van der Waals surface area contributed by atoms with E-state index >= 15 is 0 Å². The van der Waals surface area contributed by atoms with Gasteiger partial charge < -0.3 is 19.5 Å². The number of carbonyl (C=O) groups is 2. The molecule has 2 aromatic rings. The zero-order chi connectivity index (χ0) is 19.5. The van der Waals surface area contributed by atoms with Crippen molar-refractivity contribution in [2.45, 2.75) is 19.3 Å². The van der Waals surface area contributed by atoms with E-state index in [4.69, 9.17) is 14.2 Å². The quantitative estimate of drug-likeness (QED) is 0.650. The highest BCUT2D eigenvalue weighted by molar-refractivity contribution is 5.80. The van der Waals surface area contributed by atoms with Crippen LogP contribution < -0.4 is 14.8 Å². The minimum absolute atomic E-state index is 0.194. The summed E-state index contributed by atoms with van der Waals surface area (Å²) in [5, 5.41) is 2.74. The van der Waals surface area contributed by atoms with Crippen molar-refractivity contribution < 1.29 is 23.8 Å². The SMILES string of the molecule is COc1ccc(CCNC(=O)COC(=O)CCc2ccccc2OC)cc1. The van der Waals surface area contributed by atoms with Gasteiger partial charge in [-0.1, -0.05) is 30.3 Å². The maximum atomic E-state index is 11.8. The molecule has 0 radical (unpaired) electrons. The molecule has 2 aromatic carbocycles. The van der Waals surface area contributed by atoms with Gasteiger partial charge in [-0.25, -0.2) is 0 Å². The molecule has 1 N–H and O–H groups in total. The monoisotopic (exact) mass is 371 g/mol. The van der Waals surface area contributed by atoms with Gasteiger partial charge in [0.05, 0.1) is 14.2 Å². The Labute approximate surface area is 159 Å². The van der Waals surface area contributed by atoms with Crippen LogP contribution in [0.4, 0.5) is 0 Å². The Morgan fingerprint density at radius 3 is 2.37 bits per heavy atom. The highest BCUT2D eigenvalue weighted by Gasteiger charge is 2.09. The average molecular weight is 371 g/mol.